The Morgan fingerprint density at radius 2 is 1.68 bits per heavy atom. The Morgan fingerprint density at radius 1 is 1.00 bits per heavy atom. The zero-order valence-electron chi connectivity index (χ0n) is 15.2. The molecule has 2 aromatic carbocycles. The molecule has 0 unspecified atom stereocenters. The minimum atomic E-state index is 0.153. The number of benzene rings is 2. The van der Waals surface area contributed by atoms with Crippen molar-refractivity contribution < 1.29 is 9.15 Å². The summed E-state index contributed by atoms with van der Waals surface area (Å²) in [6.45, 7) is 3.38. The lowest BCUT2D eigenvalue weighted by molar-refractivity contribution is 0.263. The molecule has 1 saturated heterocycles. The van der Waals surface area contributed by atoms with Gasteiger partial charge in [-0.05, 0) is 36.4 Å². The molecular weight excluding hydrogens is 376 g/mol. The Balaban J connectivity index is 1.41. The van der Waals surface area contributed by atoms with E-state index in [2.05, 4.69) is 33.0 Å². The number of nitriles is 1. The number of para-hydroxylation sites is 1. The molecule has 1 aliphatic heterocycles. The predicted octanol–water partition coefficient (Wildman–Crippen LogP) is 4.11. The number of oxazole rings is 1. The van der Waals surface area contributed by atoms with Gasteiger partial charge in [-0.1, -0.05) is 29.8 Å². The number of rotatable bonds is 5. The third kappa shape index (κ3) is 4.05. The van der Waals surface area contributed by atoms with Crippen molar-refractivity contribution in [2.45, 2.75) is 6.61 Å². The van der Waals surface area contributed by atoms with Gasteiger partial charge < -0.3 is 19.0 Å². The van der Waals surface area contributed by atoms with E-state index in [0.717, 1.165) is 26.2 Å². The molecule has 0 radical (unpaired) electrons. The van der Waals surface area contributed by atoms with Crippen molar-refractivity contribution in [3.05, 3.63) is 71.2 Å². The number of nitrogens with zero attached hydrogens (tertiary/aromatic N) is 4. The summed E-state index contributed by atoms with van der Waals surface area (Å²) >= 11 is 5.88. The SMILES string of the molecule is N#Cc1nc(COc2ccc(Cl)cc2)oc1N1CCN(c2ccccc2)CC1. The number of halogens is 1. The van der Waals surface area contributed by atoms with Gasteiger partial charge in [-0.2, -0.15) is 10.2 Å². The Hall–Kier alpha value is -3.17. The van der Waals surface area contributed by atoms with Gasteiger partial charge in [-0.25, -0.2) is 0 Å². The van der Waals surface area contributed by atoms with Crippen LogP contribution in [0.15, 0.2) is 59.0 Å². The van der Waals surface area contributed by atoms with Crippen molar-refractivity contribution in [3.8, 4) is 11.8 Å². The van der Waals surface area contributed by atoms with Crippen molar-refractivity contribution >= 4 is 23.2 Å². The summed E-state index contributed by atoms with van der Waals surface area (Å²) in [6, 6.07) is 19.5. The van der Waals surface area contributed by atoms with Gasteiger partial charge in [0.2, 0.25) is 17.5 Å². The molecule has 1 aliphatic rings. The number of anilines is 2. The molecule has 0 amide bonds. The normalized spacial score (nSPS) is 14.0. The molecule has 2 heterocycles. The molecule has 142 valence electrons. The summed E-state index contributed by atoms with van der Waals surface area (Å²) in [4.78, 5) is 8.67. The molecule has 3 aromatic rings. The van der Waals surface area contributed by atoms with Crippen molar-refractivity contribution in [1.29, 1.82) is 5.26 Å². The van der Waals surface area contributed by atoms with Gasteiger partial charge in [0.25, 0.3) is 0 Å². The number of hydrogen-bond donors (Lipinski definition) is 0. The summed E-state index contributed by atoms with van der Waals surface area (Å²) in [5, 5.41) is 10.1. The zero-order valence-corrected chi connectivity index (χ0v) is 16.0. The fraction of sp³-hybridized carbons (Fsp3) is 0.238. The summed E-state index contributed by atoms with van der Waals surface area (Å²) < 4.78 is 11.5. The minimum Gasteiger partial charge on any atom is -0.484 e. The smallest absolute Gasteiger partial charge is 0.236 e. The molecular formula is C21H19ClN4O2. The number of hydrogen-bond acceptors (Lipinski definition) is 6. The highest BCUT2D eigenvalue weighted by Gasteiger charge is 2.24. The van der Waals surface area contributed by atoms with Crippen LogP contribution < -0.4 is 14.5 Å². The highest BCUT2D eigenvalue weighted by atomic mass is 35.5. The van der Waals surface area contributed by atoms with E-state index in [-0.39, 0.29) is 6.61 Å². The second-order valence-corrected chi connectivity index (χ2v) is 6.86. The molecule has 1 aromatic heterocycles. The van der Waals surface area contributed by atoms with Crippen LogP contribution in [0.25, 0.3) is 0 Å². The van der Waals surface area contributed by atoms with Crippen LogP contribution in [0.4, 0.5) is 11.6 Å². The monoisotopic (exact) mass is 394 g/mol. The fourth-order valence-corrected chi connectivity index (χ4v) is 3.31. The summed E-state index contributed by atoms with van der Waals surface area (Å²) in [6.07, 6.45) is 0. The first kappa shape index (κ1) is 18.2. The fourth-order valence-electron chi connectivity index (χ4n) is 3.19. The van der Waals surface area contributed by atoms with E-state index < -0.39 is 0 Å². The van der Waals surface area contributed by atoms with E-state index in [0.29, 0.717) is 28.2 Å². The highest BCUT2D eigenvalue weighted by molar-refractivity contribution is 6.30. The zero-order chi connectivity index (χ0) is 19.3. The standard InChI is InChI=1S/C21H19ClN4O2/c22-16-6-8-18(9-7-16)27-15-20-24-19(14-23)21(28-20)26-12-10-25(11-13-26)17-4-2-1-3-5-17/h1-9H,10-13,15H2. The molecule has 6 nitrogen and oxygen atoms in total. The topological polar surface area (TPSA) is 65.5 Å². The lowest BCUT2D eigenvalue weighted by Crippen LogP contribution is -2.46. The largest absolute Gasteiger partial charge is 0.484 e. The molecule has 0 aliphatic carbocycles. The molecule has 0 N–H and O–H groups in total. The van der Waals surface area contributed by atoms with Crippen LogP contribution in [0, 0.1) is 11.3 Å². The highest BCUT2D eigenvalue weighted by Crippen LogP contribution is 2.25. The third-order valence-electron chi connectivity index (χ3n) is 4.62. The van der Waals surface area contributed by atoms with Gasteiger partial charge in [-0.15, -0.1) is 0 Å². The average Bonchev–Trinajstić information content (AvgIpc) is 3.17. The van der Waals surface area contributed by atoms with Crippen LogP contribution in [0.2, 0.25) is 5.02 Å². The first-order valence-corrected chi connectivity index (χ1v) is 9.44. The summed E-state index contributed by atoms with van der Waals surface area (Å²) in [5.74, 6) is 1.57. The van der Waals surface area contributed by atoms with Gasteiger partial charge in [0.05, 0.1) is 0 Å². The van der Waals surface area contributed by atoms with Crippen molar-refractivity contribution in [2.24, 2.45) is 0 Å². The van der Waals surface area contributed by atoms with Crippen LogP contribution in [0.1, 0.15) is 11.6 Å². The Bertz CT molecular complexity index is 958. The van der Waals surface area contributed by atoms with Crippen molar-refractivity contribution in [3.63, 3.8) is 0 Å². The summed E-state index contributed by atoms with van der Waals surface area (Å²) in [7, 11) is 0. The summed E-state index contributed by atoms with van der Waals surface area (Å²) in [5.41, 5.74) is 1.50. The van der Waals surface area contributed by atoms with E-state index in [1.54, 1.807) is 24.3 Å². The van der Waals surface area contributed by atoms with Gasteiger partial charge in [-0.3, -0.25) is 0 Å². The van der Waals surface area contributed by atoms with Crippen LogP contribution in [-0.4, -0.2) is 31.2 Å². The number of piperazine rings is 1. The first-order chi connectivity index (χ1) is 13.7. The predicted molar refractivity (Wildman–Crippen MR) is 108 cm³/mol. The van der Waals surface area contributed by atoms with Gasteiger partial charge in [0.1, 0.15) is 11.8 Å². The quantitative estimate of drug-likeness (QED) is 0.649. The van der Waals surface area contributed by atoms with Gasteiger partial charge >= 0.3 is 0 Å². The Labute approximate surface area is 168 Å². The van der Waals surface area contributed by atoms with Gasteiger partial charge in [0.15, 0.2) is 6.61 Å². The first-order valence-electron chi connectivity index (χ1n) is 9.06. The van der Waals surface area contributed by atoms with E-state index in [9.17, 15) is 5.26 Å². The molecule has 0 spiro atoms. The number of aromatic nitrogens is 1. The van der Waals surface area contributed by atoms with Crippen LogP contribution in [-0.2, 0) is 6.61 Å². The second-order valence-electron chi connectivity index (χ2n) is 6.43. The minimum absolute atomic E-state index is 0.153. The molecule has 4 rings (SSSR count). The second kappa shape index (κ2) is 8.24. The van der Waals surface area contributed by atoms with E-state index >= 15 is 0 Å². The lowest BCUT2D eigenvalue weighted by Gasteiger charge is -2.35. The Morgan fingerprint density at radius 3 is 2.36 bits per heavy atom. The van der Waals surface area contributed by atoms with Crippen molar-refractivity contribution in [2.75, 3.05) is 36.0 Å². The van der Waals surface area contributed by atoms with Crippen molar-refractivity contribution in [1.82, 2.24) is 4.98 Å². The average molecular weight is 395 g/mol. The maximum absolute atomic E-state index is 9.44. The maximum Gasteiger partial charge on any atom is 0.236 e. The molecule has 7 heteroatoms. The van der Waals surface area contributed by atoms with Crippen LogP contribution >= 0.6 is 11.6 Å². The van der Waals surface area contributed by atoms with Crippen LogP contribution in [0.5, 0.6) is 5.75 Å². The maximum atomic E-state index is 9.44. The van der Waals surface area contributed by atoms with Gasteiger partial charge in [0, 0.05) is 36.9 Å². The molecule has 0 atom stereocenters. The van der Waals surface area contributed by atoms with Crippen LogP contribution in [0.3, 0.4) is 0 Å². The van der Waals surface area contributed by atoms with E-state index in [1.807, 2.05) is 18.2 Å². The molecule has 0 bridgehead atoms. The molecule has 0 saturated carbocycles. The third-order valence-corrected chi connectivity index (χ3v) is 4.88. The number of ether oxygens (including phenoxy) is 1. The molecule has 1 fully saturated rings. The van der Waals surface area contributed by atoms with E-state index in [4.69, 9.17) is 20.8 Å². The van der Waals surface area contributed by atoms with E-state index in [1.165, 1.54) is 5.69 Å². The Kier molecular flexibility index (Phi) is 5.36. The lowest BCUT2D eigenvalue weighted by atomic mass is 10.2. The molecule has 28 heavy (non-hydrogen) atoms.